The molecule has 0 spiro atoms. The number of nitrogen functional groups attached to an aromatic ring is 1. The van der Waals surface area contributed by atoms with Gasteiger partial charge in [0.15, 0.2) is 0 Å². The van der Waals surface area contributed by atoms with E-state index in [0.29, 0.717) is 20.9 Å². The van der Waals surface area contributed by atoms with Crippen LogP contribution in [0.1, 0.15) is 0 Å². The first-order valence-electron chi connectivity index (χ1n) is 5.22. The van der Waals surface area contributed by atoms with E-state index in [1.807, 2.05) is 0 Å². The fraction of sp³-hybridized carbons (Fsp3) is 0. The topological polar surface area (TPSA) is 72.2 Å². The lowest BCUT2D eigenvalue weighted by molar-refractivity contribution is 0.601. The molecule has 0 saturated heterocycles. The van der Waals surface area contributed by atoms with Gasteiger partial charge in [0.2, 0.25) is 0 Å². The van der Waals surface area contributed by atoms with Crippen LogP contribution in [-0.4, -0.2) is 8.42 Å². The van der Waals surface area contributed by atoms with Crippen LogP contribution in [-0.2, 0) is 10.0 Å². The molecule has 4 nitrogen and oxygen atoms in total. The van der Waals surface area contributed by atoms with Crippen molar-refractivity contribution in [1.82, 2.24) is 0 Å². The van der Waals surface area contributed by atoms with Gasteiger partial charge in [-0.3, -0.25) is 4.72 Å². The first kappa shape index (κ1) is 14.2. The van der Waals surface area contributed by atoms with Crippen LogP contribution < -0.4 is 10.5 Å². The number of sulfonamides is 1. The molecule has 100 valence electrons. The molecule has 2 aromatic rings. The minimum Gasteiger partial charge on any atom is -0.399 e. The van der Waals surface area contributed by atoms with Crippen LogP contribution >= 0.6 is 27.5 Å². The Morgan fingerprint density at radius 1 is 1.11 bits per heavy atom. The predicted molar refractivity (Wildman–Crippen MR) is 80.8 cm³/mol. The molecule has 2 aromatic carbocycles. The van der Waals surface area contributed by atoms with Crippen molar-refractivity contribution < 1.29 is 8.42 Å². The summed E-state index contributed by atoms with van der Waals surface area (Å²) in [6, 6.07) is 10.8. The summed E-state index contributed by atoms with van der Waals surface area (Å²) in [4.78, 5) is 0.139. The third kappa shape index (κ3) is 3.40. The maximum absolute atomic E-state index is 12.1. The quantitative estimate of drug-likeness (QED) is 0.822. The summed E-state index contributed by atoms with van der Waals surface area (Å²) in [5.41, 5.74) is 6.56. The summed E-state index contributed by atoms with van der Waals surface area (Å²) in [7, 11) is -3.64. The van der Waals surface area contributed by atoms with Crippen molar-refractivity contribution >= 4 is 48.9 Å². The predicted octanol–water partition coefficient (Wildman–Crippen LogP) is 3.49. The summed E-state index contributed by atoms with van der Waals surface area (Å²) in [6.45, 7) is 0. The van der Waals surface area contributed by atoms with Crippen LogP contribution in [0.2, 0.25) is 5.02 Å². The maximum atomic E-state index is 12.1. The molecule has 0 aromatic heterocycles. The molecule has 0 radical (unpaired) electrons. The highest BCUT2D eigenvalue weighted by Gasteiger charge is 2.15. The Labute approximate surface area is 124 Å². The molecule has 0 heterocycles. The van der Waals surface area contributed by atoms with E-state index in [2.05, 4.69) is 20.7 Å². The van der Waals surface area contributed by atoms with Crippen molar-refractivity contribution in [1.29, 1.82) is 0 Å². The lowest BCUT2D eigenvalue weighted by atomic mass is 10.3. The first-order chi connectivity index (χ1) is 8.88. The number of nitrogens with two attached hydrogens (primary N) is 1. The van der Waals surface area contributed by atoms with Crippen LogP contribution in [0.3, 0.4) is 0 Å². The van der Waals surface area contributed by atoms with E-state index in [4.69, 9.17) is 17.3 Å². The van der Waals surface area contributed by atoms with E-state index in [0.717, 1.165) is 0 Å². The number of halogens is 2. The van der Waals surface area contributed by atoms with Gasteiger partial charge in [-0.15, -0.1) is 0 Å². The standard InChI is InChI=1S/C12H10BrClN2O2S/c13-11-7-9(15)3-6-12(11)16-19(17,18)10-4-1-8(14)2-5-10/h1-7,16H,15H2. The summed E-state index contributed by atoms with van der Waals surface area (Å²) < 4.78 is 27.3. The smallest absolute Gasteiger partial charge is 0.261 e. The second-order valence-electron chi connectivity index (χ2n) is 3.80. The lowest BCUT2D eigenvalue weighted by Crippen LogP contribution is -2.13. The zero-order valence-electron chi connectivity index (χ0n) is 9.60. The molecule has 0 unspecified atom stereocenters. The van der Waals surface area contributed by atoms with E-state index < -0.39 is 10.0 Å². The first-order valence-corrected chi connectivity index (χ1v) is 7.87. The third-order valence-corrected chi connectivity index (χ3v) is 4.65. The van der Waals surface area contributed by atoms with Gasteiger partial charge in [0.25, 0.3) is 10.0 Å². The highest BCUT2D eigenvalue weighted by molar-refractivity contribution is 9.10. The van der Waals surface area contributed by atoms with E-state index >= 15 is 0 Å². The number of benzene rings is 2. The van der Waals surface area contributed by atoms with Gasteiger partial charge in [0.05, 0.1) is 10.6 Å². The van der Waals surface area contributed by atoms with E-state index in [9.17, 15) is 8.42 Å². The molecule has 0 saturated carbocycles. The molecule has 0 fully saturated rings. The van der Waals surface area contributed by atoms with Gasteiger partial charge in [0, 0.05) is 15.2 Å². The molecular weight excluding hydrogens is 352 g/mol. The molecule has 2 rings (SSSR count). The second-order valence-corrected chi connectivity index (χ2v) is 6.77. The average Bonchev–Trinajstić information content (AvgIpc) is 2.33. The van der Waals surface area contributed by atoms with Crippen LogP contribution in [0.5, 0.6) is 0 Å². The van der Waals surface area contributed by atoms with Gasteiger partial charge in [-0.1, -0.05) is 11.6 Å². The van der Waals surface area contributed by atoms with Crippen molar-refractivity contribution in [3.05, 3.63) is 52.0 Å². The van der Waals surface area contributed by atoms with Crippen LogP contribution in [0.25, 0.3) is 0 Å². The van der Waals surface area contributed by atoms with Gasteiger partial charge in [-0.2, -0.15) is 0 Å². The molecule has 3 N–H and O–H groups in total. The monoisotopic (exact) mass is 360 g/mol. The SMILES string of the molecule is Nc1ccc(NS(=O)(=O)c2ccc(Cl)cc2)c(Br)c1. The van der Waals surface area contributed by atoms with Gasteiger partial charge >= 0.3 is 0 Å². The number of hydrogen-bond acceptors (Lipinski definition) is 3. The largest absolute Gasteiger partial charge is 0.399 e. The Morgan fingerprint density at radius 3 is 2.32 bits per heavy atom. The zero-order valence-corrected chi connectivity index (χ0v) is 12.8. The molecule has 19 heavy (non-hydrogen) atoms. The zero-order chi connectivity index (χ0) is 14.0. The van der Waals surface area contributed by atoms with Crippen LogP contribution in [0.4, 0.5) is 11.4 Å². The number of nitrogens with one attached hydrogen (secondary N) is 1. The summed E-state index contributed by atoms with van der Waals surface area (Å²) >= 11 is 8.98. The summed E-state index contributed by atoms with van der Waals surface area (Å²) in [6.07, 6.45) is 0. The van der Waals surface area contributed by atoms with E-state index in [-0.39, 0.29) is 4.90 Å². The molecule has 0 amide bonds. The van der Waals surface area contributed by atoms with Crippen molar-refractivity contribution in [2.45, 2.75) is 4.90 Å². The van der Waals surface area contributed by atoms with Crippen molar-refractivity contribution in [3.8, 4) is 0 Å². The number of hydrogen-bond donors (Lipinski definition) is 2. The lowest BCUT2D eigenvalue weighted by Gasteiger charge is -2.10. The van der Waals surface area contributed by atoms with Gasteiger partial charge < -0.3 is 5.73 Å². The molecule has 0 aliphatic carbocycles. The Bertz CT molecular complexity index is 702. The average molecular weight is 362 g/mol. The molecule has 0 aliphatic heterocycles. The van der Waals surface area contributed by atoms with Gasteiger partial charge in [-0.25, -0.2) is 8.42 Å². The molecule has 7 heteroatoms. The maximum Gasteiger partial charge on any atom is 0.261 e. The van der Waals surface area contributed by atoms with Crippen molar-refractivity contribution in [2.75, 3.05) is 10.5 Å². The minimum atomic E-state index is -3.64. The minimum absolute atomic E-state index is 0.139. The highest BCUT2D eigenvalue weighted by atomic mass is 79.9. The molecule has 0 atom stereocenters. The molecule has 0 aliphatic rings. The third-order valence-electron chi connectivity index (χ3n) is 2.36. The fourth-order valence-electron chi connectivity index (χ4n) is 1.43. The number of rotatable bonds is 3. The summed E-state index contributed by atoms with van der Waals surface area (Å²) in [5, 5.41) is 0.479. The van der Waals surface area contributed by atoms with Gasteiger partial charge in [-0.05, 0) is 58.4 Å². The van der Waals surface area contributed by atoms with Crippen LogP contribution in [0, 0.1) is 0 Å². The highest BCUT2D eigenvalue weighted by Crippen LogP contribution is 2.27. The molecule has 0 bridgehead atoms. The van der Waals surface area contributed by atoms with Crippen LogP contribution in [0.15, 0.2) is 51.8 Å². The Morgan fingerprint density at radius 2 is 1.74 bits per heavy atom. The number of anilines is 2. The molecular formula is C12H10BrClN2O2S. The van der Waals surface area contributed by atoms with Gasteiger partial charge in [0.1, 0.15) is 0 Å². The van der Waals surface area contributed by atoms with E-state index in [1.54, 1.807) is 18.2 Å². The Kier molecular flexibility index (Phi) is 4.03. The van der Waals surface area contributed by atoms with E-state index in [1.165, 1.54) is 24.3 Å². The van der Waals surface area contributed by atoms with Crippen molar-refractivity contribution in [3.63, 3.8) is 0 Å². The van der Waals surface area contributed by atoms with Crippen molar-refractivity contribution in [2.24, 2.45) is 0 Å². The normalized spacial score (nSPS) is 11.3. The Hall–Kier alpha value is -1.24. The fourth-order valence-corrected chi connectivity index (χ4v) is 3.26. The summed E-state index contributed by atoms with van der Waals surface area (Å²) in [5.74, 6) is 0. The second kappa shape index (κ2) is 5.40. The Balaban J connectivity index is 2.33.